The molecule has 8 aromatic carbocycles. The monoisotopic (exact) mass is 1090 g/mol. The molecule has 0 atom stereocenters. The number of fused-ring (bicyclic) bond motifs is 8. The van der Waals surface area contributed by atoms with Gasteiger partial charge in [-0.25, -0.2) is 19.2 Å². The Hall–Kier alpha value is -10.8. The zero-order valence-corrected chi connectivity index (χ0v) is 41.6. The largest absolute Gasteiger partial charge is 0.507 e. The predicted molar refractivity (Wildman–Crippen MR) is 281 cm³/mol. The van der Waals surface area contributed by atoms with E-state index in [-0.39, 0.29) is 89.8 Å². The highest BCUT2D eigenvalue weighted by molar-refractivity contribution is 5.73. The molecule has 1 aliphatic rings. The molecule has 1 aliphatic carbocycles. The van der Waals surface area contributed by atoms with Crippen molar-refractivity contribution in [2.75, 3.05) is 26.4 Å². The fourth-order valence-electron chi connectivity index (χ4n) is 10.3. The Kier molecular flexibility index (Phi) is 15.2. The maximum Gasteiger partial charge on any atom is 0.341 e. The number of carboxylic acids is 4. The number of ether oxygens (including phenoxy) is 4. The molecule has 0 unspecified atom stereocenters. The predicted octanol–water partition coefficient (Wildman–Crippen LogP) is 8.22. The van der Waals surface area contributed by atoms with Crippen molar-refractivity contribution in [3.63, 3.8) is 0 Å². The van der Waals surface area contributed by atoms with Gasteiger partial charge in [0.2, 0.25) is 0 Å². The van der Waals surface area contributed by atoms with Crippen molar-refractivity contribution >= 4 is 23.9 Å². The normalized spacial score (nSPS) is 15.5. The topological polar surface area (TPSA) is 348 Å². The van der Waals surface area contributed by atoms with Crippen molar-refractivity contribution in [2.45, 2.75) is 23.7 Å². The maximum atomic E-state index is 12.3. The molecule has 12 N–H and O–H groups in total. The van der Waals surface area contributed by atoms with Crippen LogP contribution >= 0.6 is 0 Å². The Balaban J connectivity index is 1.50. The van der Waals surface area contributed by atoms with E-state index in [1.54, 1.807) is 24.3 Å². The van der Waals surface area contributed by atoms with E-state index in [1.807, 2.05) is 0 Å². The first-order chi connectivity index (χ1) is 38.3. The molecule has 0 saturated carbocycles. The highest BCUT2D eigenvalue weighted by Crippen LogP contribution is 2.56. The molecular formula is C60H48O20. The standard InChI is InChI=1S/C60H48O20/c61-41-21-43(63)35-17-33(41)57(29-9-1-5-13-49(29)77-25-53(69)70)34-18-36(44(64)22-42(34)62)59(31-11-3-7-15-51(31)79-27-55(73)74)38-20-40(48(68)24-46(38)66)60(32-12-4-8-16-52(32)80-28-56(75)76)39-19-37(45(65)23-47(39)67)58(35)30-10-2-6-14-50(30)78-26-54(71)72/h1-24,57-68H,25-28H2,(H,69,70)(H,71,72)(H,73,74)(H,75,76). The van der Waals surface area contributed by atoms with E-state index in [4.69, 9.17) is 18.9 Å². The van der Waals surface area contributed by atoms with Crippen LogP contribution in [0.25, 0.3) is 0 Å². The van der Waals surface area contributed by atoms with Gasteiger partial charge in [0.25, 0.3) is 0 Å². The van der Waals surface area contributed by atoms with Gasteiger partial charge in [-0.2, -0.15) is 0 Å². The van der Waals surface area contributed by atoms with Gasteiger partial charge in [-0.3, -0.25) is 0 Å². The second-order valence-corrected chi connectivity index (χ2v) is 18.5. The summed E-state index contributed by atoms with van der Waals surface area (Å²) in [7, 11) is 0. The highest BCUT2D eigenvalue weighted by Gasteiger charge is 2.38. The number of rotatable bonds is 16. The summed E-state index contributed by atoms with van der Waals surface area (Å²) in [5.74, 6) is -17.1. The Labute approximate surface area is 453 Å². The van der Waals surface area contributed by atoms with Gasteiger partial charge in [0.15, 0.2) is 26.4 Å². The summed E-state index contributed by atoms with van der Waals surface area (Å²) in [4.78, 5) is 48.1. The first-order valence-corrected chi connectivity index (χ1v) is 24.3. The summed E-state index contributed by atoms with van der Waals surface area (Å²) in [6.45, 7) is -3.52. The molecule has 0 radical (unpaired) electrons. The Morgan fingerprint density at radius 2 is 0.425 bits per heavy atom. The number of phenols is 8. The minimum Gasteiger partial charge on any atom is -0.507 e. The van der Waals surface area contributed by atoms with Crippen LogP contribution in [0.2, 0.25) is 0 Å². The first kappa shape index (κ1) is 54.0. The van der Waals surface area contributed by atoms with Gasteiger partial charge in [0.1, 0.15) is 69.0 Å². The number of hydrogen-bond donors (Lipinski definition) is 12. The molecule has 8 bridgehead atoms. The smallest absolute Gasteiger partial charge is 0.341 e. The van der Waals surface area contributed by atoms with E-state index in [0.717, 1.165) is 24.3 Å². The summed E-state index contributed by atoms with van der Waals surface area (Å²) >= 11 is 0. The fourth-order valence-corrected chi connectivity index (χ4v) is 10.3. The number of aliphatic carboxylic acids is 4. The quantitative estimate of drug-likeness (QED) is 0.0433. The lowest BCUT2D eigenvalue weighted by Gasteiger charge is -2.30. The van der Waals surface area contributed by atoms with E-state index >= 15 is 0 Å². The van der Waals surface area contributed by atoms with Crippen molar-refractivity contribution in [3.8, 4) is 69.0 Å². The molecule has 0 amide bonds. The third-order valence-corrected chi connectivity index (χ3v) is 13.5. The number of para-hydroxylation sites is 4. The molecule has 0 heterocycles. The van der Waals surface area contributed by atoms with Crippen LogP contribution in [-0.4, -0.2) is 112 Å². The van der Waals surface area contributed by atoms with Gasteiger partial charge in [0.05, 0.1) is 0 Å². The van der Waals surface area contributed by atoms with Gasteiger partial charge in [-0.15, -0.1) is 0 Å². The second kappa shape index (κ2) is 22.4. The lowest BCUT2D eigenvalue weighted by molar-refractivity contribution is -0.140. The zero-order valence-electron chi connectivity index (χ0n) is 41.6. The summed E-state index contributed by atoms with van der Waals surface area (Å²) < 4.78 is 23.3. The van der Waals surface area contributed by atoms with E-state index in [1.165, 1.54) is 97.1 Å². The van der Waals surface area contributed by atoms with Gasteiger partial charge >= 0.3 is 23.9 Å². The minimum atomic E-state index is -1.51. The Morgan fingerprint density at radius 3 is 0.588 bits per heavy atom. The van der Waals surface area contributed by atoms with E-state index in [9.17, 15) is 80.5 Å². The number of carboxylic acid groups (broad SMARTS) is 4. The highest BCUT2D eigenvalue weighted by atomic mass is 16.5. The van der Waals surface area contributed by atoms with Crippen LogP contribution in [0, 0.1) is 0 Å². The average Bonchev–Trinajstić information content (AvgIpc) is 3.46. The Morgan fingerprint density at radius 1 is 0.263 bits per heavy atom. The Bertz CT molecular complexity index is 3150. The SMILES string of the molecule is O=C(O)COc1ccccc1C1c2cc(c(O)cc2O)C(c2ccccc2OCC(=O)O)c2cc(c(O)cc2O)C(c2ccccc2OCC(=O)O)c2cc(c(O)cc2O)C(c2ccccc2OCC(=O)O)c2cc1c(O)cc2O. The van der Waals surface area contributed by atoms with Crippen molar-refractivity contribution in [3.05, 3.63) is 212 Å². The molecule has 0 aliphatic heterocycles. The summed E-state index contributed by atoms with van der Waals surface area (Å²) in [6, 6.07) is 32.9. The van der Waals surface area contributed by atoms with Crippen LogP contribution in [0.4, 0.5) is 0 Å². The molecule has 408 valence electrons. The molecule has 0 spiro atoms. The zero-order chi connectivity index (χ0) is 57.1. The number of aromatic hydroxyl groups is 8. The van der Waals surface area contributed by atoms with Crippen molar-refractivity contribution < 1.29 is 99.4 Å². The molecule has 20 nitrogen and oxygen atoms in total. The van der Waals surface area contributed by atoms with Gasteiger partial charge in [-0.1, -0.05) is 72.8 Å². The fraction of sp³-hybridized carbons (Fsp3) is 0.133. The van der Waals surface area contributed by atoms with Crippen LogP contribution in [0.15, 0.2) is 146 Å². The molecule has 80 heavy (non-hydrogen) atoms. The van der Waals surface area contributed by atoms with Crippen LogP contribution in [0.3, 0.4) is 0 Å². The maximum absolute atomic E-state index is 12.3. The third kappa shape index (κ3) is 10.8. The second-order valence-electron chi connectivity index (χ2n) is 18.5. The lowest BCUT2D eigenvalue weighted by atomic mass is 9.74. The van der Waals surface area contributed by atoms with Crippen molar-refractivity contribution in [1.29, 1.82) is 0 Å². The minimum absolute atomic E-state index is 0.0772. The molecule has 0 aromatic heterocycles. The molecular weight excluding hydrogens is 1040 g/mol. The number of benzene rings is 8. The first-order valence-electron chi connectivity index (χ1n) is 24.3. The van der Waals surface area contributed by atoms with Gasteiger partial charge in [-0.05, 0) is 48.5 Å². The number of carbonyl (C=O) groups is 4. The summed E-state index contributed by atoms with van der Waals surface area (Å²) in [5, 5.41) is 137. The number of hydrogen-bond acceptors (Lipinski definition) is 16. The van der Waals surface area contributed by atoms with E-state index in [2.05, 4.69) is 0 Å². The third-order valence-electron chi connectivity index (χ3n) is 13.5. The molecule has 20 heteroatoms. The summed E-state index contributed by atoms with van der Waals surface area (Å²) in [6.07, 6.45) is 0. The van der Waals surface area contributed by atoms with Gasteiger partial charge in [0, 0.05) is 115 Å². The molecule has 0 fully saturated rings. The van der Waals surface area contributed by atoms with E-state index in [0.29, 0.717) is 0 Å². The van der Waals surface area contributed by atoms with Crippen molar-refractivity contribution in [1.82, 2.24) is 0 Å². The number of phenolic OH excluding ortho intramolecular Hbond substituents is 8. The van der Waals surface area contributed by atoms with Crippen LogP contribution in [-0.2, 0) is 19.2 Å². The molecule has 9 rings (SSSR count). The van der Waals surface area contributed by atoms with Gasteiger partial charge < -0.3 is 80.2 Å². The van der Waals surface area contributed by atoms with Crippen molar-refractivity contribution in [2.24, 2.45) is 0 Å². The van der Waals surface area contributed by atoms with Crippen LogP contribution in [0.1, 0.15) is 90.4 Å². The van der Waals surface area contributed by atoms with Crippen LogP contribution < -0.4 is 18.9 Å². The van der Waals surface area contributed by atoms with Crippen LogP contribution in [0.5, 0.6) is 69.0 Å². The summed E-state index contributed by atoms with van der Waals surface area (Å²) in [5.41, 5.74) is -0.954. The average molecular weight is 1090 g/mol. The lowest BCUT2D eigenvalue weighted by Crippen LogP contribution is -2.16. The molecule has 0 saturated heterocycles. The molecule has 8 aromatic rings. The van der Waals surface area contributed by atoms with E-state index < -0.39 is 120 Å².